The Morgan fingerprint density at radius 2 is 1.09 bits per heavy atom. The zero-order valence-electron chi connectivity index (χ0n) is 16.2. The highest BCUT2D eigenvalue weighted by molar-refractivity contribution is 6.36. The van der Waals surface area contributed by atoms with E-state index in [0.717, 1.165) is 0 Å². The summed E-state index contributed by atoms with van der Waals surface area (Å²) in [6, 6.07) is 15.9. The average Bonchev–Trinajstić information content (AvgIpc) is 2.76. The average molecular weight is 508 g/mol. The van der Waals surface area contributed by atoms with Crippen molar-refractivity contribution in [2.45, 2.75) is 0 Å². The maximum Gasteiger partial charge on any atom is 0.271 e. The van der Waals surface area contributed by atoms with Gasteiger partial charge in [-0.25, -0.2) is 10.9 Å². The number of carbonyl (C=O) groups is 2. The first-order chi connectivity index (χ1) is 15.3. The van der Waals surface area contributed by atoms with E-state index in [1.54, 1.807) is 54.6 Å². The number of rotatable bonds is 6. The van der Waals surface area contributed by atoms with Crippen molar-refractivity contribution < 1.29 is 9.59 Å². The monoisotopic (exact) mass is 506 g/mol. The fraction of sp³-hybridized carbons (Fsp3) is 0. The molecular formula is C22H14Cl4N4O2. The van der Waals surface area contributed by atoms with Crippen LogP contribution in [-0.2, 0) is 0 Å². The SMILES string of the molecule is O=C(NN=Cc1ccc(Cl)cc1Cl)c1cccc(C(=O)NN=Cc2ccc(Cl)cc2Cl)c1. The van der Waals surface area contributed by atoms with E-state index in [1.807, 2.05) is 0 Å². The lowest BCUT2D eigenvalue weighted by molar-refractivity contribution is 0.0954. The maximum absolute atomic E-state index is 12.3. The normalized spacial score (nSPS) is 11.1. The summed E-state index contributed by atoms with van der Waals surface area (Å²) in [6.07, 6.45) is 2.79. The maximum atomic E-state index is 12.3. The lowest BCUT2D eigenvalue weighted by Gasteiger charge is -2.04. The van der Waals surface area contributed by atoms with Crippen LogP contribution in [0.15, 0.2) is 70.9 Å². The molecule has 10 heteroatoms. The number of benzene rings is 3. The number of amides is 2. The zero-order chi connectivity index (χ0) is 23.1. The lowest BCUT2D eigenvalue weighted by atomic mass is 10.1. The number of hydrogen-bond donors (Lipinski definition) is 2. The summed E-state index contributed by atoms with van der Waals surface area (Å²) in [6.45, 7) is 0. The van der Waals surface area contributed by atoms with Gasteiger partial charge in [-0.05, 0) is 42.5 Å². The number of hydrazone groups is 2. The highest BCUT2D eigenvalue weighted by Crippen LogP contribution is 2.20. The Bertz CT molecular complexity index is 1140. The highest BCUT2D eigenvalue weighted by atomic mass is 35.5. The van der Waals surface area contributed by atoms with Crippen LogP contribution in [-0.4, -0.2) is 24.2 Å². The third-order valence-corrected chi connectivity index (χ3v) is 5.18. The third-order valence-electron chi connectivity index (χ3n) is 4.05. The molecule has 3 aromatic rings. The molecule has 0 aliphatic rings. The molecule has 32 heavy (non-hydrogen) atoms. The molecule has 0 saturated carbocycles. The van der Waals surface area contributed by atoms with Crippen LogP contribution in [0.2, 0.25) is 20.1 Å². The second kappa shape index (κ2) is 11.1. The van der Waals surface area contributed by atoms with E-state index < -0.39 is 11.8 Å². The van der Waals surface area contributed by atoms with Crippen LogP contribution in [0.3, 0.4) is 0 Å². The van der Waals surface area contributed by atoms with Crippen LogP contribution in [0.4, 0.5) is 0 Å². The fourth-order valence-corrected chi connectivity index (χ4v) is 3.38. The van der Waals surface area contributed by atoms with Crippen molar-refractivity contribution in [2.75, 3.05) is 0 Å². The van der Waals surface area contributed by atoms with Gasteiger partial charge in [-0.1, -0.05) is 64.6 Å². The van der Waals surface area contributed by atoms with Crippen molar-refractivity contribution >= 4 is 70.6 Å². The van der Waals surface area contributed by atoms with Crippen molar-refractivity contribution in [3.8, 4) is 0 Å². The number of carbonyl (C=O) groups excluding carboxylic acids is 2. The van der Waals surface area contributed by atoms with E-state index in [9.17, 15) is 9.59 Å². The van der Waals surface area contributed by atoms with Crippen molar-refractivity contribution in [1.82, 2.24) is 10.9 Å². The molecule has 0 aliphatic heterocycles. The Hall–Kier alpha value is -2.90. The van der Waals surface area contributed by atoms with Crippen LogP contribution in [0.25, 0.3) is 0 Å². The Kier molecular flexibility index (Phi) is 8.25. The number of nitrogens with zero attached hydrogens (tertiary/aromatic N) is 2. The highest BCUT2D eigenvalue weighted by Gasteiger charge is 2.10. The first-order valence-corrected chi connectivity index (χ1v) is 10.5. The molecule has 0 fully saturated rings. The van der Waals surface area contributed by atoms with Crippen LogP contribution in [0, 0.1) is 0 Å². The molecule has 0 saturated heterocycles. The Labute approximate surface area is 203 Å². The van der Waals surface area contributed by atoms with Gasteiger partial charge in [0, 0.05) is 32.3 Å². The molecular weight excluding hydrogens is 494 g/mol. The van der Waals surface area contributed by atoms with Crippen LogP contribution < -0.4 is 10.9 Å². The van der Waals surface area contributed by atoms with Gasteiger partial charge in [0.05, 0.1) is 22.5 Å². The summed E-state index contributed by atoms with van der Waals surface area (Å²) < 4.78 is 0. The zero-order valence-corrected chi connectivity index (χ0v) is 19.2. The fourth-order valence-electron chi connectivity index (χ4n) is 2.46. The van der Waals surface area contributed by atoms with Gasteiger partial charge in [0.15, 0.2) is 0 Å². The Morgan fingerprint density at radius 1 is 0.656 bits per heavy atom. The molecule has 0 unspecified atom stereocenters. The topological polar surface area (TPSA) is 82.9 Å². The van der Waals surface area contributed by atoms with E-state index in [1.165, 1.54) is 18.5 Å². The molecule has 162 valence electrons. The van der Waals surface area contributed by atoms with Crippen LogP contribution in [0.1, 0.15) is 31.8 Å². The Morgan fingerprint density at radius 3 is 1.50 bits per heavy atom. The smallest absolute Gasteiger partial charge is 0.267 e. The lowest BCUT2D eigenvalue weighted by Crippen LogP contribution is -2.20. The summed E-state index contributed by atoms with van der Waals surface area (Å²) in [5.41, 5.74) is 6.41. The molecule has 0 atom stereocenters. The van der Waals surface area contributed by atoms with E-state index in [-0.39, 0.29) is 11.1 Å². The van der Waals surface area contributed by atoms with E-state index in [4.69, 9.17) is 46.4 Å². The molecule has 2 N–H and O–H groups in total. The molecule has 0 spiro atoms. The summed E-state index contributed by atoms with van der Waals surface area (Å²) in [4.78, 5) is 24.7. The van der Waals surface area contributed by atoms with E-state index in [2.05, 4.69) is 21.1 Å². The van der Waals surface area contributed by atoms with Gasteiger partial charge in [0.25, 0.3) is 11.8 Å². The predicted octanol–water partition coefficient (Wildman–Crippen LogP) is 5.83. The minimum absolute atomic E-state index is 0.238. The molecule has 0 aromatic heterocycles. The van der Waals surface area contributed by atoms with E-state index in [0.29, 0.717) is 31.2 Å². The molecule has 3 aromatic carbocycles. The van der Waals surface area contributed by atoms with Crippen molar-refractivity contribution in [1.29, 1.82) is 0 Å². The second-order valence-corrected chi connectivity index (χ2v) is 8.00. The van der Waals surface area contributed by atoms with Crippen molar-refractivity contribution in [3.63, 3.8) is 0 Å². The second-order valence-electron chi connectivity index (χ2n) is 6.31. The third kappa shape index (κ3) is 6.55. The summed E-state index contributed by atoms with van der Waals surface area (Å²) in [7, 11) is 0. The van der Waals surface area contributed by atoms with Gasteiger partial charge in [0.2, 0.25) is 0 Å². The van der Waals surface area contributed by atoms with Crippen molar-refractivity contribution in [2.24, 2.45) is 10.2 Å². The van der Waals surface area contributed by atoms with Crippen molar-refractivity contribution in [3.05, 3.63) is 103 Å². The van der Waals surface area contributed by atoms with Gasteiger partial charge in [-0.2, -0.15) is 10.2 Å². The Balaban J connectivity index is 1.62. The number of hydrogen-bond acceptors (Lipinski definition) is 4. The molecule has 2 amide bonds. The summed E-state index contributed by atoms with van der Waals surface area (Å²) in [5, 5.41) is 9.55. The van der Waals surface area contributed by atoms with Gasteiger partial charge in [0.1, 0.15) is 0 Å². The minimum Gasteiger partial charge on any atom is -0.267 e. The molecule has 0 bridgehead atoms. The van der Waals surface area contributed by atoms with Gasteiger partial charge < -0.3 is 0 Å². The first-order valence-electron chi connectivity index (χ1n) is 9.00. The quantitative estimate of drug-likeness (QED) is 0.325. The summed E-state index contributed by atoms with van der Waals surface area (Å²) >= 11 is 23.8. The largest absolute Gasteiger partial charge is 0.271 e. The molecule has 0 aliphatic carbocycles. The number of halogens is 4. The van der Waals surface area contributed by atoms with Crippen LogP contribution in [0.5, 0.6) is 0 Å². The summed E-state index contributed by atoms with van der Waals surface area (Å²) in [5.74, 6) is -1.00. The molecule has 6 nitrogen and oxygen atoms in total. The molecule has 0 heterocycles. The standard InChI is InChI=1S/C22H14Cl4N4O2/c23-17-6-4-15(19(25)9-17)11-27-29-21(31)13-2-1-3-14(8-13)22(32)30-28-12-16-5-7-18(24)10-20(16)26/h1-12H,(H,29,31)(H,30,32). The van der Waals surface area contributed by atoms with Gasteiger partial charge in [-0.15, -0.1) is 0 Å². The minimum atomic E-state index is -0.502. The molecule has 3 rings (SSSR count). The van der Waals surface area contributed by atoms with E-state index >= 15 is 0 Å². The predicted molar refractivity (Wildman–Crippen MR) is 129 cm³/mol. The van der Waals surface area contributed by atoms with Gasteiger partial charge in [-0.3, -0.25) is 9.59 Å². The first kappa shape index (κ1) is 23.8. The van der Waals surface area contributed by atoms with Gasteiger partial charge >= 0.3 is 0 Å². The van der Waals surface area contributed by atoms with Crippen LogP contribution >= 0.6 is 46.4 Å². The molecule has 0 radical (unpaired) electrons. The number of nitrogens with one attached hydrogen (secondary N) is 2.